The first kappa shape index (κ1) is 22.5. The zero-order chi connectivity index (χ0) is 27.4. The minimum Gasteiger partial charge on any atom is -0.309 e. The van der Waals surface area contributed by atoms with Gasteiger partial charge in [-0.2, -0.15) is 0 Å². The molecule has 0 aliphatic heterocycles. The molecule has 0 radical (unpaired) electrons. The maximum Gasteiger partial charge on any atom is 0.0553 e. The van der Waals surface area contributed by atoms with Gasteiger partial charge in [0.05, 0.1) is 11.0 Å². The van der Waals surface area contributed by atoms with Gasteiger partial charge < -0.3 is 4.57 Å². The van der Waals surface area contributed by atoms with Gasteiger partial charge in [0.15, 0.2) is 0 Å². The van der Waals surface area contributed by atoms with Gasteiger partial charge in [-0.25, -0.2) is 0 Å². The predicted octanol–water partition coefficient (Wildman–Crippen LogP) is 11.7. The Morgan fingerprint density at radius 3 is 2.02 bits per heavy atom. The number of aromatic nitrogens is 1. The molecule has 0 unspecified atom stereocenters. The lowest BCUT2D eigenvalue weighted by atomic mass is 9.90. The van der Waals surface area contributed by atoms with E-state index in [1.807, 2.05) is 11.3 Å². The SMILES string of the molecule is c1ccc(-n2c3cccc(-c4cccc5c4sc4ccccc45)c3c3c4ccc5cccc6ccc(cc32)c4c65)cc1. The third-order valence-corrected chi connectivity index (χ3v) is 10.3. The van der Waals surface area contributed by atoms with E-state index < -0.39 is 0 Å². The summed E-state index contributed by atoms with van der Waals surface area (Å²) < 4.78 is 5.15. The molecule has 2 aromatic heterocycles. The molecule has 1 nitrogen and oxygen atoms in total. The Balaban J connectivity index is 1.45. The molecule has 8 aromatic carbocycles. The van der Waals surface area contributed by atoms with Gasteiger partial charge in [-0.3, -0.25) is 0 Å². The molecular formula is C40H23NS. The van der Waals surface area contributed by atoms with Crippen LogP contribution >= 0.6 is 11.3 Å². The molecule has 0 aliphatic carbocycles. The van der Waals surface area contributed by atoms with E-state index >= 15 is 0 Å². The fourth-order valence-corrected chi connectivity index (χ4v) is 8.62. The van der Waals surface area contributed by atoms with Crippen LogP contribution in [0.2, 0.25) is 0 Å². The van der Waals surface area contributed by atoms with Gasteiger partial charge >= 0.3 is 0 Å². The number of fused-ring (bicyclic) bond motifs is 7. The first-order valence-corrected chi connectivity index (χ1v) is 15.3. The zero-order valence-electron chi connectivity index (χ0n) is 22.6. The maximum atomic E-state index is 2.47. The van der Waals surface area contributed by atoms with E-state index in [1.165, 1.54) is 91.1 Å². The molecule has 10 rings (SSSR count). The van der Waals surface area contributed by atoms with Crippen molar-refractivity contribution in [1.82, 2.24) is 4.57 Å². The molecule has 0 amide bonds. The van der Waals surface area contributed by atoms with Gasteiger partial charge in [0.2, 0.25) is 0 Å². The molecule has 2 heteroatoms. The van der Waals surface area contributed by atoms with Gasteiger partial charge in [-0.1, -0.05) is 109 Å². The van der Waals surface area contributed by atoms with E-state index in [2.05, 4.69) is 144 Å². The van der Waals surface area contributed by atoms with Crippen molar-refractivity contribution >= 4 is 85.6 Å². The number of para-hydroxylation sites is 1. The van der Waals surface area contributed by atoms with Crippen molar-refractivity contribution in [2.75, 3.05) is 0 Å². The van der Waals surface area contributed by atoms with Crippen LogP contribution < -0.4 is 0 Å². The van der Waals surface area contributed by atoms with E-state index in [0.29, 0.717) is 0 Å². The lowest BCUT2D eigenvalue weighted by Gasteiger charge is -2.13. The highest BCUT2D eigenvalue weighted by Crippen LogP contribution is 2.48. The number of hydrogen-bond acceptors (Lipinski definition) is 1. The van der Waals surface area contributed by atoms with Crippen LogP contribution in [-0.2, 0) is 0 Å². The summed E-state index contributed by atoms with van der Waals surface area (Å²) in [6.45, 7) is 0. The third kappa shape index (κ3) is 2.87. The second kappa shape index (κ2) is 8.19. The molecule has 0 bridgehead atoms. The van der Waals surface area contributed by atoms with E-state index in [0.717, 1.165) is 0 Å². The van der Waals surface area contributed by atoms with Crippen LogP contribution in [0.3, 0.4) is 0 Å². The van der Waals surface area contributed by atoms with Crippen LogP contribution in [0.5, 0.6) is 0 Å². The fraction of sp³-hybridized carbons (Fsp3) is 0. The predicted molar refractivity (Wildman–Crippen MR) is 183 cm³/mol. The largest absolute Gasteiger partial charge is 0.309 e. The van der Waals surface area contributed by atoms with Gasteiger partial charge in [0.1, 0.15) is 0 Å². The van der Waals surface area contributed by atoms with Crippen molar-refractivity contribution in [3.05, 3.63) is 140 Å². The van der Waals surface area contributed by atoms with Gasteiger partial charge in [-0.15, -0.1) is 11.3 Å². The molecule has 0 aliphatic rings. The molecule has 0 N–H and O–H groups in total. The van der Waals surface area contributed by atoms with Gasteiger partial charge in [0, 0.05) is 42.2 Å². The maximum absolute atomic E-state index is 2.47. The van der Waals surface area contributed by atoms with Crippen molar-refractivity contribution < 1.29 is 0 Å². The number of rotatable bonds is 2. The lowest BCUT2D eigenvalue weighted by molar-refractivity contribution is 1.18. The quantitative estimate of drug-likeness (QED) is 0.189. The van der Waals surface area contributed by atoms with Crippen molar-refractivity contribution in [1.29, 1.82) is 0 Å². The van der Waals surface area contributed by atoms with E-state index in [4.69, 9.17) is 0 Å². The van der Waals surface area contributed by atoms with E-state index in [-0.39, 0.29) is 0 Å². The molecule has 0 saturated carbocycles. The van der Waals surface area contributed by atoms with Crippen molar-refractivity contribution in [3.8, 4) is 16.8 Å². The molecule has 194 valence electrons. The van der Waals surface area contributed by atoms with E-state index in [9.17, 15) is 0 Å². The summed E-state index contributed by atoms with van der Waals surface area (Å²) in [5.41, 5.74) is 6.26. The summed E-state index contributed by atoms with van der Waals surface area (Å²) in [7, 11) is 0. The van der Waals surface area contributed by atoms with Crippen LogP contribution in [0, 0.1) is 0 Å². The van der Waals surface area contributed by atoms with Crippen LogP contribution in [0.4, 0.5) is 0 Å². The second-order valence-electron chi connectivity index (χ2n) is 11.3. The summed E-state index contributed by atoms with van der Waals surface area (Å²) >= 11 is 1.90. The average Bonchev–Trinajstić information content (AvgIpc) is 3.60. The summed E-state index contributed by atoms with van der Waals surface area (Å²) in [6.07, 6.45) is 0. The molecule has 42 heavy (non-hydrogen) atoms. The van der Waals surface area contributed by atoms with Gasteiger partial charge in [0.25, 0.3) is 0 Å². The minimum atomic E-state index is 1.18. The summed E-state index contributed by atoms with van der Waals surface area (Å²) in [6, 6.07) is 51.6. The highest BCUT2D eigenvalue weighted by atomic mass is 32.1. The van der Waals surface area contributed by atoms with Crippen LogP contribution in [0.1, 0.15) is 0 Å². The smallest absolute Gasteiger partial charge is 0.0553 e. The summed E-state index contributed by atoms with van der Waals surface area (Å²) in [5.74, 6) is 0. The summed E-state index contributed by atoms with van der Waals surface area (Å²) in [4.78, 5) is 0. The van der Waals surface area contributed by atoms with Crippen molar-refractivity contribution in [3.63, 3.8) is 0 Å². The topological polar surface area (TPSA) is 4.93 Å². The second-order valence-corrected chi connectivity index (χ2v) is 12.3. The number of hydrogen-bond donors (Lipinski definition) is 0. The molecule has 0 spiro atoms. The minimum absolute atomic E-state index is 1.18. The van der Waals surface area contributed by atoms with E-state index in [1.54, 1.807) is 0 Å². The van der Waals surface area contributed by atoms with Crippen LogP contribution in [0.15, 0.2) is 140 Å². The zero-order valence-corrected chi connectivity index (χ0v) is 23.5. The Morgan fingerprint density at radius 1 is 0.405 bits per heavy atom. The molecule has 2 heterocycles. The van der Waals surface area contributed by atoms with Crippen LogP contribution in [0.25, 0.3) is 91.1 Å². The Bertz CT molecular complexity index is 2660. The monoisotopic (exact) mass is 549 g/mol. The van der Waals surface area contributed by atoms with Crippen molar-refractivity contribution in [2.45, 2.75) is 0 Å². The highest BCUT2D eigenvalue weighted by molar-refractivity contribution is 7.26. The average molecular weight is 550 g/mol. The Labute approximate surface area is 245 Å². The Hall–Kier alpha value is -5.18. The number of benzene rings is 8. The van der Waals surface area contributed by atoms with Gasteiger partial charge in [-0.05, 0) is 68.2 Å². The normalized spacial score (nSPS) is 12.3. The Morgan fingerprint density at radius 2 is 1.12 bits per heavy atom. The first-order valence-electron chi connectivity index (χ1n) is 14.4. The molecule has 0 saturated heterocycles. The number of thiophene rings is 1. The Kier molecular flexibility index (Phi) is 4.39. The van der Waals surface area contributed by atoms with Crippen molar-refractivity contribution in [2.24, 2.45) is 0 Å². The molecule has 0 atom stereocenters. The standard InChI is InChI=1S/C40H23NS/c1-2-11-27(12-3-1)41-33-17-8-14-29(31-16-7-15-30-28-13-4-5-18-35(28)42-40(30)31)38(33)39-32-22-21-25-10-6-9-24-19-20-26(23-34(39)41)37(32)36(24)25/h1-23H. The fourth-order valence-electron chi connectivity index (χ4n) is 7.39. The summed E-state index contributed by atoms with van der Waals surface area (Å²) in [5, 5.41) is 13.2. The lowest BCUT2D eigenvalue weighted by Crippen LogP contribution is -1.93. The molecule has 0 fully saturated rings. The first-order chi connectivity index (χ1) is 20.8. The highest BCUT2D eigenvalue weighted by Gasteiger charge is 2.22. The van der Waals surface area contributed by atoms with Crippen LogP contribution in [-0.4, -0.2) is 4.57 Å². The molecular weight excluding hydrogens is 527 g/mol. The molecule has 10 aromatic rings. The number of nitrogens with zero attached hydrogens (tertiary/aromatic N) is 1. The third-order valence-electron chi connectivity index (χ3n) is 9.11.